The van der Waals surface area contributed by atoms with E-state index in [0.717, 1.165) is 41.3 Å². The average molecular weight is 830 g/mol. The molecule has 4 aliphatic rings. The number of rotatable bonds is 8. The lowest BCUT2D eigenvalue weighted by atomic mass is 9.81. The number of alkyl halides is 4. The molecule has 0 radical (unpaired) electrons. The topological polar surface area (TPSA) is 108 Å². The Kier molecular flexibility index (Phi) is 10.8. The molecule has 3 fully saturated rings. The van der Waals surface area contributed by atoms with Gasteiger partial charge in [0.2, 0.25) is 0 Å². The minimum atomic E-state index is -4.95. The molecule has 0 aromatic heterocycles. The third-order valence-corrected chi connectivity index (χ3v) is 11.6. The van der Waals surface area contributed by atoms with Crippen molar-refractivity contribution in [3.05, 3.63) is 130 Å². The van der Waals surface area contributed by atoms with Gasteiger partial charge in [0.25, 0.3) is 11.4 Å². The van der Waals surface area contributed by atoms with Crippen LogP contribution < -0.4 is 10.2 Å². The van der Waals surface area contributed by atoms with Crippen LogP contribution in [-0.2, 0) is 6.18 Å². The van der Waals surface area contributed by atoms with E-state index >= 15 is 17.6 Å². The van der Waals surface area contributed by atoms with E-state index in [0.29, 0.717) is 25.6 Å². The normalized spacial score (nSPS) is 24.7. The molecule has 0 bridgehead atoms. The number of likely N-dealkylation sites (tertiary alicyclic amines) is 2. The van der Waals surface area contributed by atoms with Gasteiger partial charge in [0.05, 0.1) is 33.1 Å². The quantitative estimate of drug-likeness (QED) is 0.104. The number of nitrogens with zero attached hydrogens (tertiary/aromatic N) is 5. The second-order valence-corrected chi connectivity index (χ2v) is 14.9. The monoisotopic (exact) mass is 828 g/mol. The first kappa shape index (κ1) is 39.8. The second-order valence-electron chi connectivity index (χ2n) is 14.1. The third kappa shape index (κ3) is 7.07. The Morgan fingerprint density at radius 2 is 1.38 bits per heavy atom. The van der Waals surface area contributed by atoms with Gasteiger partial charge in [-0.1, -0.05) is 29.3 Å². The van der Waals surface area contributed by atoms with Gasteiger partial charge in [-0.3, -0.25) is 25.1 Å². The zero-order chi connectivity index (χ0) is 40.3. The number of hydrogen-bond donors (Lipinski definition) is 1. The van der Waals surface area contributed by atoms with E-state index in [1.54, 1.807) is 0 Å². The molecule has 56 heavy (non-hydrogen) atoms. The van der Waals surface area contributed by atoms with Crippen molar-refractivity contribution >= 4 is 40.3 Å². The Morgan fingerprint density at radius 3 is 1.96 bits per heavy atom. The molecule has 298 valence electrons. The highest BCUT2D eigenvalue weighted by Gasteiger charge is 2.54. The number of nitro benzene ring substituents is 2. The van der Waals surface area contributed by atoms with Gasteiger partial charge in [0.1, 0.15) is 27.5 Å². The molecule has 4 atom stereocenters. The number of allylic oxidation sites excluding steroid dienone is 1. The summed E-state index contributed by atoms with van der Waals surface area (Å²) in [6.07, 6.45) is -2.11. The van der Waals surface area contributed by atoms with Gasteiger partial charge >= 0.3 is 6.18 Å². The van der Waals surface area contributed by atoms with E-state index in [2.05, 4.69) is 5.32 Å². The Balaban J connectivity index is 1.39. The van der Waals surface area contributed by atoms with Crippen LogP contribution in [0.25, 0.3) is 0 Å². The molecule has 3 heterocycles. The van der Waals surface area contributed by atoms with E-state index in [9.17, 15) is 33.4 Å². The van der Waals surface area contributed by atoms with Gasteiger partial charge in [-0.15, -0.1) is 0 Å². The van der Waals surface area contributed by atoms with E-state index in [-0.39, 0.29) is 68.0 Å². The molecule has 3 aromatic rings. The van der Waals surface area contributed by atoms with Crippen molar-refractivity contribution in [1.29, 1.82) is 0 Å². The van der Waals surface area contributed by atoms with Crippen LogP contribution >= 0.6 is 23.2 Å². The highest BCUT2D eigenvalue weighted by Crippen LogP contribution is 2.54. The average Bonchev–Trinajstić information content (AvgIpc) is 3.83. The minimum Gasteiger partial charge on any atom is -0.368 e. The summed E-state index contributed by atoms with van der Waals surface area (Å²) in [6.45, 7) is 1.23. The highest BCUT2D eigenvalue weighted by atomic mass is 35.5. The summed E-state index contributed by atoms with van der Waals surface area (Å²) in [5, 5.41) is 25.5. The van der Waals surface area contributed by atoms with Gasteiger partial charge in [0, 0.05) is 74.3 Å². The fourth-order valence-electron chi connectivity index (χ4n) is 8.49. The molecule has 7 rings (SSSR count). The van der Waals surface area contributed by atoms with E-state index in [1.807, 2.05) is 0 Å². The molecule has 3 aliphatic heterocycles. The first-order chi connectivity index (χ1) is 26.5. The SMILES string of the molecule is O=[N+]([O-])c1cc(C2CCCN2C2=C(F)C(c3ccc(N4CCNCC4)c(C(F)(F)F)c3)[C@@](F)(N3CCCC3c3cc([N+](=O)[O-])c(Cl)cc3F)C=C2)c(F)cc1Cl. The van der Waals surface area contributed by atoms with Gasteiger partial charge in [0.15, 0.2) is 5.79 Å². The van der Waals surface area contributed by atoms with Crippen LogP contribution in [0.1, 0.15) is 65.9 Å². The summed E-state index contributed by atoms with van der Waals surface area (Å²) in [4.78, 5) is 25.8. The van der Waals surface area contributed by atoms with Crippen molar-refractivity contribution in [3.63, 3.8) is 0 Å². The van der Waals surface area contributed by atoms with Crippen molar-refractivity contribution in [1.82, 2.24) is 15.1 Å². The molecule has 3 unspecified atom stereocenters. The summed E-state index contributed by atoms with van der Waals surface area (Å²) in [6, 6.07) is 4.16. The Hall–Kier alpha value is -4.45. The largest absolute Gasteiger partial charge is 0.418 e. The van der Waals surface area contributed by atoms with Crippen molar-refractivity contribution in [2.45, 2.75) is 55.7 Å². The Bertz CT molecular complexity index is 2150. The molecule has 0 saturated carbocycles. The lowest BCUT2D eigenvalue weighted by molar-refractivity contribution is -0.385. The number of benzene rings is 3. The molecule has 0 spiro atoms. The fourth-order valence-corrected chi connectivity index (χ4v) is 8.93. The summed E-state index contributed by atoms with van der Waals surface area (Å²) >= 11 is 11.9. The molecule has 0 amide bonds. The first-order valence-electron chi connectivity index (χ1n) is 17.8. The summed E-state index contributed by atoms with van der Waals surface area (Å²) in [5.41, 5.74) is -3.74. The van der Waals surface area contributed by atoms with Crippen LogP contribution in [0.15, 0.2) is 66.1 Å². The van der Waals surface area contributed by atoms with Crippen LogP contribution in [0.2, 0.25) is 10.0 Å². The number of hydrogen-bond acceptors (Lipinski definition) is 8. The molecule has 3 saturated heterocycles. The van der Waals surface area contributed by atoms with E-state index in [1.165, 1.54) is 21.9 Å². The van der Waals surface area contributed by atoms with E-state index < -0.39 is 89.8 Å². The van der Waals surface area contributed by atoms with Crippen molar-refractivity contribution in [3.8, 4) is 0 Å². The third-order valence-electron chi connectivity index (χ3n) is 11.0. The van der Waals surface area contributed by atoms with Crippen LogP contribution in [0.4, 0.5) is 47.8 Å². The van der Waals surface area contributed by atoms with Gasteiger partial charge in [-0.05, 0) is 67.7 Å². The standard InChI is InChI=1S/C37H33Cl2F7N6O4/c38-24-18-26(40)21(16-32(24)51(53)54)28-3-1-11-49(28)31-7-8-36(43,50-12-2-4-29(50)22-17-33(52(55)56)25(39)19-27(22)41)34(35(31)42)20-5-6-30(23(15-20)37(44,45)46)48-13-9-47-10-14-48/h5-8,15-19,28-29,34,47H,1-4,9-14H2/t28?,29?,34?,36-/m0/s1. The predicted molar refractivity (Wildman–Crippen MR) is 194 cm³/mol. The Labute approximate surface area is 325 Å². The minimum absolute atomic E-state index is 0.0542. The molecular formula is C37H33Cl2F7N6O4. The summed E-state index contributed by atoms with van der Waals surface area (Å²) in [5.74, 6) is -8.21. The van der Waals surface area contributed by atoms with Crippen molar-refractivity contribution in [2.75, 3.05) is 44.2 Å². The van der Waals surface area contributed by atoms with Crippen molar-refractivity contribution in [2.24, 2.45) is 0 Å². The van der Waals surface area contributed by atoms with Gasteiger partial charge in [-0.2, -0.15) is 13.2 Å². The molecule has 19 heteroatoms. The zero-order valence-corrected chi connectivity index (χ0v) is 30.8. The van der Waals surface area contributed by atoms with Crippen LogP contribution in [0.5, 0.6) is 0 Å². The van der Waals surface area contributed by atoms with Crippen LogP contribution in [0.3, 0.4) is 0 Å². The molecular weight excluding hydrogens is 796 g/mol. The number of anilines is 1. The lowest BCUT2D eigenvalue weighted by Gasteiger charge is -2.45. The van der Waals surface area contributed by atoms with Crippen molar-refractivity contribution < 1.29 is 40.6 Å². The predicted octanol–water partition coefficient (Wildman–Crippen LogP) is 9.69. The number of halogens is 9. The molecule has 10 nitrogen and oxygen atoms in total. The molecule has 3 aromatic carbocycles. The molecule has 1 aliphatic carbocycles. The fraction of sp³-hybridized carbons (Fsp3) is 0.405. The zero-order valence-electron chi connectivity index (χ0n) is 29.3. The van der Waals surface area contributed by atoms with Gasteiger partial charge < -0.3 is 15.1 Å². The van der Waals surface area contributed by atoms with Crippen LogP contribution in [-0.4, -0.2) is 64.7 Å². The number of nitrogens with one attached hydrogen (secondary N) is 1. The Morgan fingerprint density at radius 1 is 0.804 bits per heavy atom. The first-order valence-corrected chi connectivity index (χ1v) is 18.5. The maximum Gasteiger partial charge on any atom is 0.418 e. The second kappa shape index (κ2) is 15.1. The summed E-state index contributed by atoms with van der Waals surface area (Å²) < 4.78 is 111. The number of nitro groups is 2. The van der Waals surface area contributed by atoms with Gasteiger partial charge in [-0.25, -0.2) is 17.6 Å². The number of piperazine rings is 1. The van der Waals surface area contributed by atoms with Crippen LogP contribution in [0, 0.1) is 31.9 Å². The molecule has 1 N–H and O–H groups in total. The lowest BCUT2D eigenvalue weighted by Crippen LogP contribution is -2.50. The highest BCUT2D eigenvalue weighted by molar-refractivity contribution is 6.33. The smallest absolute Gasteiger partial charge is 0.368 e. The van der Waals surface area contributed by atoms with E-state index in [4.69, 9.17) is 23.2 Å². The maximum atomic E-state index is 18.3. The summed E-state index contributed by atoms with van der Waals surface area (Å²) in [7, 11) is 0. The maximum absolute atomic E-state index is 18.3.